The number of hydrogen-bond donors (Lipinski definition) is 2. The number of carbonyl (C=O) groups is 1. The van der Waals surface area contributed by atoms with Crippen LogP contribution in [0.1, 0.15) is 85.0 Å². The van der Waals surface area contributed by atoms with Gasteiger partial charge < -0.3 is 14.5 Å². The molecular weight excluding hydrogens is 341 g/mol. The number of hydrogen-bond acceptors (Lipinski definition) is 4. The molecule has 0 aliphatic rings. The Labute approximate surface area is 153 Å². The maximum atomic E-state index is 12.1. The van der Waals surface area contributed by atoms with Gasteiger partial charge in [-0.2, -0.15) is 0 Å². The van der Waals surface area contributed by atoms with Crippen molar-refractivity contribution in [3.63, 3.8) is 0 Å². The first-order valence-electron chi connectivity index (χ1n) is 9.84. The molecule has 7 heteroatoms. The molecule has 0 aromatic rings. The summed E-state index contributed by atoms with van der Waals surface area (Å²) in [5, 5.41) is 0. The Hall–Kier alpha value is -0.420. The van der Waals surface area contributed by atoms with Crippen LogP contribution in [0.4, 0.5) is 0 Å². The molecule has 150 valence electrons. The van der Waals surface area contributed by atoms with Gasteiger partial charge in [0.25, 0.3) is 0 Å². The average molecular weight is 379 g/mol. The summed E-state index contributed by atoms with van der Waals surface area (Å²) in [7, 11) is -4.55. The second-order valence-corrected chi connectivity index (χ2v) is 8.20. The van der Waals surface area contributed by atoms with Crippen LogP contribution in [0, 0.1) is 0 Å². The van der Waals surface area contributed by atoms with Crippen LogP contribution in [0.25, 0.3) is 0 Å². The molecule has 0 spiro atoms. The fourth-order valence-corrected chi connectivity index (χ4v) is 4.01. The van der Waals surface area contributed by atoms with Gasteiger partial charge in [0.2, 0.25) is 5.78 Å². The quantitative estimate of drug-likeness (QED) is 0.236. The van der Waals surface area contributed by atoms with Crippen molar-refractivity contribution < 1.29 is 23.9 Å². The van der Waals surface area contributed by atoms with E-state index in [9.17, 15) is 19.1 Å². The third-order valence-electron chi connectivity index (χ3n) is 4.43. The lowest BCUT2D eigenvalue weighted by molar-refractivity contribution is -0.147. The Morgan fingerprint density at radius 3 is 1.72 bits per heavy atom. The van der Waals surface area contributed by atoms with E-state index in [0.29, 0.717) is 13.1 Å². The molecule has 0 aliphatic carbocycles. The molecule has 2 N–H and O–H groups in total. The number of esters is 1. The predicted molar refractivity (Wildman–Crippen MR) is 102 cm³/mol. The zero-order valence-electron chi connectivity index (χ0n) is 16.3. The number of carbonyl (C=O) groups excluding carboxylic acids is 1. The third kappa shape index (κ3) is 11.7. The molecule has 0 saturated heterocycles. The molecule has 0 aromatic carbocycles. The highest BCUT2D eigenvalue weighted by molar-refractivity contribution is 7.53. The molecule has 0 amide bonds. The molecule has 0 saturated carbocycles. The summed E-state index contributed by atoms with van der Waals surface area (Å²) < 4.78 is 16.7. The molecule has 0 radical (unpaired) electrons. The molecule has 25 heavy (non-hydrogen) atoms. The Morgan fingerprint density at radius 2 is 1.32 bits per heavy atom. The molecule has 1 atom stereocenters. The molecule has 1 unspecified atom stereocenters. The van der Waals surface area contributed by atoms with Crippen LogP contribution in [0.5, 0.6) is 0 Å². The second kappa shape index (κ2) is 14.7. The summed E-state index contributed by atoms with van der Waals surface area (Å²) in [4.78, 5) is 32.4. The Morgan fingerprint density at radius 1 is 0.880 bits per heavy atom. The molecule has 0 aromatic heterocycles. The van der Waals surface area contributed by atoms with E-state index in [1.54, 1.807) is 13.8 Å². The number of unbranched alkanes of at least 4 members (excludes halogenated alkanes) is 9. The van der Waals surface area contributed by atoms with Gasteiger partial charge >= 0.3 is 13.6 Å². The maximum absolute atomic E-state index is 12.1. The molecule has 0 rings (SSSR count). The Kier molecular flexibility index (Phi) is 14.5. The topological polar surface area (TPSA) is 87.1 Å². The summed E-state index contributed by atoms with van der Waals surface area (Å²) in [5.41, 5.74) is 0. The van der Waals surface area contributed by atoms with Crippen LogP contribution in [0.2, 0.25) is 0 Å². The van der Waals surface area contributed by atoms with Crippen LogP contribution < -0.4 is 0 Å². The zero-order chi connectivity index (χ0) is 19.1. The molecule has 0 aliphatic heterocycles. The van der Waals surface area contributed by atoms with Gasteiger partial charge in [-0.25, -0.2) is 4.79 Å². The number of rotatable bonds is 16. The van der Waals surface area contributed by atoms with Crippen molar-refractivity contribution in [2.75, 3.05) is 19.7 Å². The molecule has 0 fully saturated rings. The van der Waals surface area contributed by atoms with E-state index in [1.807, 2.05) is 0 Å². The lowest BCUT2D eigenvalue weighted by atomic mass is 10.1. The average Bonchev–Trinajstić information content (AvgIpc) is 2.56. The van der Waals surface area contributed by atoms with Crippen LogP contribution >= 0.6 is 7.60 Å². The summed E-state index contributed by atoms with van der Waals surface area (Å²) in [6, 6.07) is 0. The monoisotopic (exact) mass is 379 g/mol. The standard InChI is InChI=1S/C18H38NO5P/c1-4-7-8-9-10-11-12-13-14-15-16-24-18(20)17(25(21,22)23)19(5-2)6-3/h17H,4-16H2,1-3H3,(H2,21,22,23). The Bertz CT molecular complexity index is 382. The lowest BCUT2D eigenvalue weighted by Crippen LogP contribution is -2.41. The zero-order valence-corrected chi connectivity index (χ0v) is 17.2. The lowest BCUT2D eigenvalue weighted by Gasteiger charge is -2.28. The Balaban J connectivity index is 3.88. The minimum absolute atomic E-state index is 0.229. The van der Waals surface area contributed by atoms with Crippen molar-refractivity contribution in [2.45, 2.75) is 90.8 Å². The van der Waals surface area contributed by atoms with E-state index in [2.05, 4.69) is 6.92 Å². The highest BCUT2D eigenvalue weighted by Crippen LogP contribution is 2.43. The van der Waals surface area contributed by atoms with E-state index in [-0.39, 0.29) is 6.61 Å². The minimum atomic E-state index is -4.55. The smallest absolute Gasteiger partial charge is 0.354 e. The van der Waals surface area contributed by atoms with Crippen molar-refractivity contribution in [1.82, 2.24) is 4.90 Å². The van der Waals surface area contributed by atoms with Crippen LogP contribution in [0.15, 0.2) is 0 Å². The summed E-state index contributed by atoms with van der Waals surface area (Å²) >= 11 is 0. The van der Waals surface area contributed by atoms with E-state index in [1.165, 1.54) is 49.8 Å². The fraction of sp³-hybridized carbons (Fsp3) is 0.944. The molecule has 0 heterocycles. The maximum Gasteiger partial charge on any atom is 0.354 e. The SMILES string of the molecule is CCCCCCCCCCCCOC(=O)C(N(CC)CC)P(=O)(O)O. The number of nitrogens with zero attached hydrogens (tertiary/aromatic N) is 1. The van der Waals surface area contributed by atoms with Crippen LogP contribution in [0.3, 0.4) is 0 Å². The highest BCUT2D eigenvalue weighted by Gasteiger charge is 2.40. The first kappa shape index (κ1) is 24.6. The highest BCUT2D eigenvalue weighted by atomic mass is 31.2. The molecule has 0 bridgehead atoms. The fourth-order valence-electron chi connectivity index (χ4n) is 2.91. The largest absolute Gasteiger partial charge is 0.464 e. The van der Waals surface area contributed by atoms with Crippen molar-refractivity contribution in [3.8, 4) is 0 Å². The van der Waals surface area contributed by atoms with Gasteiger partial charge in [-0.15, -0.1) is 0 Å². The normalized spacial score (nSPS) is 13.2. The summed E-state index contributed by atoms with van der Waals surface area (Å²) in [6.45, 7) is 6.76. The minimum Gasteiger partial charge on any atom is -0.464 e. The summed E-state index contributed by atoms with van der Waals surface area (Å²) in [6.07, 6.45) is 11.8. The van der Waals surface area contributed by atoms with Crippen molar-refractivity contribution in [1.29, 1.82) is 0 Å². The van der Waals surface area contributed by atoms with E-state index in [0.717, 1.165) is 19.3 Å². The third-order valence-corrected chi connectivity index (χ3v) is 5.60. The van der Waals surface area contributed by atoms with Crippen molar-refractivity contribution >= 4 is 13.6 Å². The van der Waals surface area contributed by atoms with Gasteiger partial charge in [-0.1, -0.05) is 78.6 Å². The van der Waals surface area contributed by atoms with Crippen molar-refractivity contribution in [3.05, 3.63) is 0 Å². The first-order valence-corrected chi connectivity index (χ1v) is 11.5. The van der Waals surface area contributed by atoms with Crippen LogP contribution in [-0.4, -0.2) is 46.1 Å². The second-order valence-electron chi connectivity index (χ2n) is 6.53. The van der Waals surface area contributed by atoms with Gasteiger partial charge in [0, 0.05) is 0 Å². The first-order chi connectivity index (χ1) is 11.9. The van der Waals surface area contributed by atoms with Gasteiger partial charge in [-0.05, 0) is 19.5 Å². The van der Waals surface area contributed by atoms with E-state index in [4.69, 9.17) is 4.74 Å². The van der Waals surface area contributed by atoms with E-state index < -0.39 is 19.3 Å². The van der Waals surface area contributed by atoms with Gasteiger partial charge in [0.1, 0.15) is 0 Å². The predicted octanol–water partition coefficient (Wildman–Crippen LogP) is 4.30. The molecular formula is C18H38NO5P. The number of likely N-dealkylation sites (N-methyl/N-ethyl adjacent to an activating group) is 1. The molecule has 6 nitrogen and oxygen atoms in total. The van der Waals surface area contributed by atoms with Gasteiger partial charge in [-0.3, -0.25) is 9.46 Å². The number of ether oxygens (including phenoxy) is 1. The summed E-state index contributed by atoms with van der Waals surface area (Å²) in [5.74, 6) is -2.29. The van der Waals surface area contributed by atoms with Crippen molar-refractivity contribution in [2.24, 2.45) is 0 Å². The van der Waals surface area contributed by atoms with Gasteiger partial charge in [0.15, 0.2) is 0 Å². The van der Waals surface area contributed by atoms with Crippen LogP contribution in [-0.2, 0) is 14.1 Å². The van der Waals surface area contributed by atoms with E-state index >= 15 is 0 Å². The van der Waals surface area contributed by atoms with Gasteiger partial charge in [0.05, 0.1) is 6.61 Å².